The number of unbranched alkanes of at least 4 members (excludes halogenated alkanes) is 1. The van der Waals surface area contributed by atoms with E-state index < -0.39 is 5.97 Å². The zero-order valence-electron chi connectivity index (χ0n) is 6.95. The van der Waals surface area contributed by atoms with Crippen LogP contribution in [0.3, 0.4) is 0 Å². The zero-order valence-corrected chi connectivity index (χ0v) is 6.95. The third-order valence-corrected chi connectivity index (χ3v) is 1.09. The first-order valence-electron chi connectivity index (χ1n) is 3.67. The lowest BCUT2D eigenvalue weighted by Crippen LogP contribution is -1.93. The third kappa shape index (κ3) is 8.68. The van der Waals surface area contributed by atoms with Gasteiger partial charge in [0.2, 0.25) is 0 Å². The second-order valence-corrected chi connectivity index (χ2v) is 2.27. The van der Waals surface area contributed by atoms with E-state index in [9.17, 15) is 9.59 Å². The van der Waals surface area contributed by atoms with E-state index in [1.807, 2.05) is 0 Å². The molecule has 0 aliphatic heterocycles. The van der Waals surface area contributed by atoms with E-state index in [4.69, 9.17) is 5.11 Å². The van der Waals surface area contributed by atoms with Crippen molar-refractivity contribution in [2.75, 3.05) is 0 Å². The van der Waals surface area contributed by atoms with Gasteiger partial charge in [0.05, 0.1) is 6.26 Å². The number of rotatable bonds is 5. The molecule has 0 spiro atoms. The van der Waals surface area contributed by atoms with Crippen LogP contribution >= 0.6 is 0 Å². The molecule has 0 aromatic carbocycles. The predicted molar refractivity (Wildman–Crippen MR) is 42.4 cm³/mol. The fourth-order valence-corrected chi connectivity index (χ4v) is 0.583. The Bertz CT molecular complexity index is 183. The Kier molecular flexibility index (Phi) is 5.69. The van der Waals surface area contributed by atoms with Crippen molar-refractivity contribution in [3.05, 3.63) is 12.3 Å². The summed E-state index contributed by atoms with van der Waals surface area (Å²) in [5.41, 5.74) is 0. The van der Waals surface area contributed by atoms with Gasteiger partial charge in [-0.15, -0.1) is 0 Å². The molecule has 0 unspecified atom stereocenters. The number of carbonyl (C=O) groups excluding carboxylic acids is 1. The summed E-state index contributed by atoms with van der Waals surface area (Å²) >= 11 is 0. The minimum absolute atomic E-state index is 0.143. The van der Waals surface area contributed by atoms with Crippen molar-refractivity contribution in [1.82, 2.24) is 0 Å². The lowest BCUT2D eigenvalue weighted by atomic mass is 10.2. The maximum Gasteiger partial charge on any atom is 0.307 e. The highest BCUT2D eigenvalue weighted by molar-refractivity contribution is 5.67. The van der Waals surface area contributed by atoms with Gasteiger partial charge < -0.3 is 9.84 Å². The number of ether oxygens (including phenoxy) is 1. The molecule has 4 heteroatoms. The Morgan fingerprint density at radius 1 is 1.50 bits per heavy atom. The average Bonchev–Trinajstić information content (AvgIpc) is 1.95. The number of carboxylic acids is 1. The molecule has 0 aliphatic carbocycles. The van der Waals surface area contributed by atoms with Gasteiger partial charge >= 0.3 is 11.9 Å². The van der Waals surface area contributed by atoms with E-state index in [2.05, 4.69) is 4.74 Å². The molecule has 0 aliphatic rings. The molecule has 0 heterocycles. The Balaban J connectivity index is 3.25. The topological polar surface area (TPSA) is 63.6 Å². The third-order valence-electron chi connectivity index (χ3n) is 1.09. The molecule has 0 amide bonds. The largest absolute Gasteiger partial charge is 0.481 e. The Morgan fingerprint density at radius 2 is 2.17 bits per heavy atom. The van der Waals surface area contributed by atoms with E-state index in [1.54, 1.807) is 6.08 Å². The highest BCUT2D eigenvalue weighted by atomic mass is 16.5. The molecule has 0 bridgehead atoms. The number of carbonyl (C=O) groups is 2. The van der Waals surface area contributed by atoms with Crippen LogP contribution in [0.15, 0.2) is 12.3 Å². The van der Waals surface area contributed by atoms with E-state index in [1.165, 1.54) is 13.2 Å². The molecule has 0 rings (SSSR count). The molecule has 4 nitrogen and oxygen atoms in total. The van der Waals surface area contributed by atoms with E-state index in [-0.39, 0.29) is 12.4 Å². The smallest absolute Gasteiger partial charge is 0.307 e. The van der Waals surface area contributed by atoms with E-state index in [0.29, 0.717) is 12.8 Å². The quantitative estimate of drug-likeness (QED) is 0.386. The molecule has 0 saturated heterocycles. The average molecular weight is 172 g/mol. The number of hydrogen-bond acceptors (Lipinski definition) is 3. The van der Waals surface area contributed by atoms with Crippen LogP contribution in [0, 0.1) is 0 Å². The predicted octanol–water partition coefficient (Wildman–Crippen LogP) is 1.32. The number of aliphatic carboxylic acids is 1. The van der Waals surface area contributed by atoms with Crippen LogP contribution in [0.1, 0.15) is 26.2 Å². The standard InChI is InChI=1S/C8H12O4/c1-7(9)12-6-4-2-3-5-8(10)11/h4,6H,2-3,5H2,1H3,(H,10,11)/b6-4+. The van der Waals surface area contributed by atoms with Crippen molar-refractivity contribution in [2.45, 2.75) is 26.2 Å². The molecule has 0 saturated carbocycles. The van der Waals surface area contributed by atoms with Gasteiger partial charge in [-0.25, -0.2) is 0 Å². The summed E-state index contributed by atoms with van der Waals surface area (Å²) in [6, 6.07) is 0. The number of carboxylic acid groups (broad SMARTS) is 1. The fraction of sp³-hybridized carbons (Fsp3) is 0.500. The molecule has 0 aromatic rings. The molecule has 68 valence electrons. The van der Waals surface area contributed by atoms with Crippen molar-refractivity contribution in [3.63, 3.8) is 0 Å². The molecular weight excluding hydrogens is 160 g/mol. The summed E-state index contributed by atoms with van der Waals surface area (Å²) in [4.78, 5) is 20.2. The van der Waals surface area contributed by atoms with Crippen LogP contribution in [-0.2, 0) is 14.3 Å². The van der Waals surface area contributed by atoms with Gasteiger partial charge in [-0.2, -0.15) is 0 Å². The molecule has 0 atom stereocenters. The number of esters is 1. The number of allylic oxidation sites excluding steroid dienone is 1. The second kappa shape index (κ2) is 6.39. The summed E-state index contributed by atoms with van der Waals surface area (Å²) in [6.07, 6.45) is 4.23. The molecule has 0 radical (unpaired) electrons. The Morgan fingerprint density at radius 3 is 2.67 bits per heavy atom. The highest BCUT2D eigenvalue weighted by Gasteiger charge is 1.93. The van der Waals surface area contributed by atoms with Crippen LogP contribution < -0.4 is 0 Å². The maximum atomic E-state index is 10.2. The summed E-state index contributed by atoms with van der Waals surface area (Å²) < 4.78 is 4.48. The lowest BCUT2D eigenvalue weighted by molar-refractivity contribution is -0.137. The van der Waals surface area contributed by atoms with Crippen LogP contribution in [0.25, 0.3) is 0 Å². The van der Waals surface area contributed by atoms with E-state index >= 15 is 0 Å². The maximum absolute atomic E-state index is 10.2. The van der Waals surface area contributed by atoms with Gasteiger partial charge in [-0.3, -0.25) is 9.59 Å². The van der Waals surface area contributed by atoms with Crippen LogP contribution in [0.4, 0.5) is 0 Å². The lowest BCUT2D eigenvalue weighted by Gasteiger charge is -1.91. The summed E-state index contributed by atoms with van der Waals surface area (Å²) in [5.74, 6) is -1.18. The van der Waals surface area contributed by atoms with E-state index in [0.717, 1.165) is 0 Å². The Hall–Kier alpha value is -1.32. The molecule has 1 N–H and O–H groups in total. The van der Waals surface area contributed by atoms with Gasteiger partial charge in [0.25, 0.3) is 0 Å². The second-order valence-electron chi connectivity index (χ2n) is 2.27. The molecular formula is C8H12O4. The van der Waals surface area contributed by atoms with Gasteiger partial charge in [0, 0.05) is 13.3 Å². The first-order chi connectivity index (χ1) is 5.63. The van der Waals surface area contributed by atoms with Gasteiger partial charge in [-0.05, 0) is 18.9 Å². The minimum Gasteiger partial charge on any atom is -0.481 e. The first-order valence-corrected chi connectivity index (χ1v) is 3.67. The molecule has 0 fully saturated rings. The van der Waals surface area contributed by atoms with Crippen molar-refractivity contribution in [3.8, 4) is 0 Å². The molecule has 0 aromatic heterocycles. The van der Waals surface area contributed by atoms with Gasteiger partial charge in [0.1, 0.15) is 0 Å². The fourth-order valence-electron chi connectivity index (χ4n) is 0.583. The zero-order chi connectivity index (χ0) is 9.40. The van der Waals surface area contributed by atoms with Gasteiger partial charge in [-0.1, -0.05) is 0 Å². The summed E-state index contributed by atoms with van der Waals surface area (Å²) in [7, 11) is 0. The summed E-state index contributed by atoms with van der Waals surface area (Å²) in [5, 5.41) is 8.25. The Labute approximate surface area is 70.8 Å². The SMILES string of the molecule is CC(=O)O/C=C/CCCC(=O)O. The monoisotopic (exact) mass is 172 g/mol. The highest BCUT2D eigenvalue weighted by Crippen LogP contribution is 1.96. The van der Waals surface area contributed by atoms with Crippen molar-refractivity contribution < 1.29 is 19.4 Å². The van der Waals surface area contributed by atoms with Crippen LogP contribution in [-0.4, -0.2) is 17.0 Å². The van der Waals surface area contributed by atoms with Crippen molar-refractivity contribution in [1.29, 1.82) is 0 Å². The van der Waals surface area contributed by atoms with Gasteiger partial charge in [0.15, 0.2) is 0 Å². The van der Waals surface area contributed by atoms with Crippen LogP contribution in [0.2, 0.25) is 0 Å². The van der Waals surface area contributed by atoms with Crippen molar-refractivity contribution >= 4 is 11.9 Å². The number of hydrogen-bond donors (Lipinski definition) is 1. The minimum atomic E-state index is -0.809. The normalized spacial score (nSPS) is 10.1. The van der Waals surface area contributed by atoms with Crippen LogP contribution in [0.5, 0.6) is 0 Å². The molecule has 12 heavy (non-hydrogen) atoms. The first kappa shape index (κ1) is 10.7. The summed E-state index contributed by atoms with van der Waals surface area (Å²) in [6.45, 7) is 1.31. The van der Waals surface area contributed by atoms with Crippen molar-refractivity contribution in [2.24, 2.45) is 0 Å².